The van der Waals surface area contributed by atoms with Crippen LogP contribution in [-0.2, 0) is 0 Å². The molecule has 2 N–H and O–H groups in total. The molecule has 3 aromatic rings. The zero-order valence-corrected chi connectivity index (χ0v) is 15.5. The van der Waals surface area contributed by atoms with Crippen molar-refractivity contribution >= 4 is 16.6 Å². The van der Waals surface area contributed by atoms with Gasteiger partial charge >= 0.3 is 0 Å². The second-order valence-electron chi connectivity index (χ2n) is 7.64. The third kappa shape index (κ3) is 2.84. The molecule has 2 aliphatic rings. The molecule has 5 rings (SSSR count). The second kappa shape index (κ2) is 6.63. The molecular weight excluding hydrogens is 359 g/mol. The van der Waals surface area contributed by atoms with Gasteiger partial charge in [0.25, 0.3) is 0 Å². The number of aromatic nitrogens is 4. The number of benzene rings is 1. The van der Waals surface area contributed by atoms with Gasteiger partial charge < -0.3 is 15.3 Å². The zero-order valence-electron chi connectivity index (χ0n) is 15.5. The number of hydrogen-bond acceptors (Lipinski definition) is 7. The van der Waals surface area contributed by atoms with Crippen LogP contribution in [0.1, 0.15) is 19.3 Å². The zero-order chi connectivity index (χ0) is 19.3. The van der Waals surface area contributed by atoms with Crippen LogP contribution in [0, 0.1) is 0 Å². The highest BCUT2D eigenvalue weighted by Gasteiger charge is 2.43. The summed E-state index contributed by atoms with van der Waals surface area (Å²) in [6.07, 6.45) is 6.70. The predicted molar refractivity (Wildman–Crippen MR) is 104 cm³/mol. The summed E-state index contributed by atoms with van der Waals surface area (Å²) in [7, 11) is 1.84. The number of pyridine rings is 1. The highest BCUT2D eigenvalue weighted by molar-refractivity contribution is 5.88. The lowest BCUT2D eigenvalue weighted by atomic mass is 9.96. The maximum Gasteiger partial charge on any atom is 0.185 e. The molecule has 4 heterocycles. The number of alkyl halides is 1. The van der Waals surface area contributed by atoms with Crippen molar-refractivity contribution in [3.05, 3.63) is 36.8 Å². The lowest BCUT2D eigenvalue weighted by Crippen LogP contribution is -2.55. The summed E-state index contributed by atoms with van der Waals surface area (Å²) < 4.78 is 14.8. The number of aromatic hydroxyl groups is 1. The van der Waals surface area contributed by atoms with Crippen LogP contribution in [0.15, 0.2) is 36.8 Å². The highest BCUT2D eigenvalue weighted by Crippen LogP contribution is 2.34. The first kappa shape index (κ1) is 17.2. The lowest BCUT2D eigenvalue weighted by Gasteiger charge is -2.38. The molecule has 144 valence electrons. The second-order valence-corrected chi connectivity index (χ2v) is 7.64. The quantitative estimate of drug-likeness (QED) is 0.722. The number of anilines is 1. The Morgan fingerprint density at radius 3 is 2.89 bits per heavy atom. The molecule has 4 atom stereocenters. The Bertz CT molecular complexity index is 1010. The largest absolute Gasteiger partial charge is 0.507 e. The molecular formula is C20H21FN6O. The van der Waals surface area contributed by atoms with Gasteiger partial charge in [0.05, 0.1) is 17.8 Å². The Hall–Kier alpha value is -2.87. The summed E-state index contributed by atoms with van der Waals surface area (Å²) in [4.78, 5) is 10.3. The van der Waals surface area contributed by atoms with E-state index in [2.05, 4.69) is 25.5 Å². The third-order valence-corrected chi connectivity index (χ3v) is 5.96. The van der Waals surface area contributed by atoms with Crippen LogP contribution in [0.2, 0.25) is 0 Å². The average molecular weight is 380 g/mol. The van der Waals surface area contributed by atoms with Gasteiger partial charge in [-0.3, -0.25) is 4.98 Å². The van der Waals surface area contributed by atoms with E-state index in [0.717, 1.165) is 30.0 Å². The van der Waals surface area contributed by atoms with Crippen molar-refractivity contribution in [2.24, 2.45) is 0 Å². The van der Waals surface area contributed by atoms with Crippen LogP contribution in [0.5, 0.6) is 5.75 Å². The topological polar surface area (TPSA) is 87.1 Å². The molecule has 28 heavy (non-hydrogen) atoms. The van der Waals surface area contributed by atoms with E-state index < -0.39 is 6.17 Å². The number of phenolic OH excluding ortho intramolecular Hbond substituents is 1. The number of piperidine rings is 1. The molecule has 0 unspecified atom stereocenters. The molecule has 0 amide bonds. The minimum absolute atomic E-state index is 0.0745. The number of rotatable bonds is 3. The number of nitrogens with zero attached hydrogens (tertiary/aromatic N) is 5. The number of fused-ring (bicyclic) bond motifs is 3. The fourth-order valence-electron chi connectivity index (χ4n) is 4.38. The van der Waals surface area contributed by atoms with Gasteiger partial charge in [0.2, 0.25) is 0 Å². The Morgan fingerprint density at radius 1 is 1.18 bits per heavy atom. The summed E-state index contributed by atoms with van der Waals surface area (Å²) in [5.74, 6) is 0.933. The maximum absolute atomic E-state index is 14.8. The standard InChI is InChI=1S/C20H21FN6O/c1-27(16-8-13-2-3-15(24-13)19(16)21)18-10-23-20(26-25-18)14-6-12-9-22-5-4-11(12)7-17(14)28/h4-7,9-10,13,15-16,19,24,28H,2-3,8H2,1H3/t13-,15+,16-,19+/m0/s1. The summed E-state index contributed by atoms with van der Waals surface area (Å²) in [6, 6.07) is 5.34. The SMILES string of the molecule is CN(c1cnc(-c2cc3cnccc3cc2O)nn1)[C@H]1C[C@@H]2CC[C@@H](N2)[C@H]1F. The monoisotopic (exact) mass is 380 g/mol. The van der Waals surface area contributed by atoms with Gasteiger partial charge in [-0.1, -0.05) is 0 Å². The summed E-state index contributed by atoms with van der Waals surface area (Å²) in [5, 5.41) is 23.9. The van der Waals surface area contributed by atoms with E-state index in [1.165, 1.54) is 0 Å². The van der Waals surface area contributed by atoms with E-state index in [9.17, 15) is 9.50 Å². The van der Waals surface area contributed by atoms with Crippen LogP contribution >= 0.6 is 0 Å². The van der Waals surface area contributed by atoms with Gasteiger partial charge in [-0.2, -0.15) is 0 Å². The Kier molecular flexibility index (Phi) is 4.08. The first-order valence-electron chi connectivity index (χ1n) is 9.50. The van der Waals surface area contributed by atoms with Gasteiger partial charge in [-0.25, -0.2) is 9.37 Å². The summed E-state index contributed by atoms with van der Waals surface area (Å²) >= 11 is 0. The van der Waals surface area contributed by atoms with E-state index in [1.54, 1.807) is 30.7 Å². The van der Waals surface area contributed by atoms with E-state index in [0.29, 0.717) is 23.2 Å². The van der Waals surface area contributed by atoms with Gasteiger partial charge in [-0.05, 0) is 42.8 Å². The molecule has 2 bridgehead atoms. The maximum atomic E-state index is 14.8. The fraction of sp³-hybridized carbons (Fsp3) is 0.400. The summed E-state index contributed by atoms with van der Waals surface area (Å²) in [6.45, 7) is 0. The third-order valence-electron chi connectivity index (χ3n) is 5.96. The van der Waals surface area contributed by atoms with E-state index in [4.69, 9.17) is 0 Å². The lowest BCUT2D eigenvalue weighted by molar-refractivity contribution is 0.176. The molecule has 2 aliphatic heterocycles. The molecule has 7 nitrogen and oxygen atoms in total. The number of halogens is 1. The van der Waals surface area contributed by atoms with Crippen LogP contribution in [0.3, 0.4) is 0 Å². The molecule has 8 heteroatoms. The highest BCUT2D eigenvalue weighted by atomic mass is 19.1. The van der Waals surface area contributed by atoms with Crippen molar-refractivity contribution in [3.63, 3.8) is 0 Å². The van der Waals surface area contributed by atoms with E-state index >= 15 is 0 Å². The number of phenols is 1. The van der Waals surface area contributed by atoms with Crippen LogP contribution < -0.4 is 10.2 Å². The van der Waals surface area contributed by atoms with E-state index in [1.807, 2.05) is 18.0 Å². The molecule has 0 aliphatic carbocycles. The van der Waals surface area contributed by atoms with Crippen LogP contribution in [-0.4, -0.2) is 56.6 Å². The Balaban J connectivity index is 1.42. The molecule has 2 fully saturated rings. The first-order chi connectivity index (χ1) is 13.6. The normalized spacial score (nSPS) is 26.5. The van der Waals surface area contributed by atoms with Crippen molar-refractivity contribution in [2.75, 3.05) is 11.9 Å². The predicted octanol–water partition coefficient (Wildman–Crippen LogP) is 2.46. The first-order valence-corrected chi connectivity index (χ1v) is 9.50. The molecule has 2 saturated heterocycles. The Labute approximate surface area is 161 Å². The van der Waals surface area contributed by atoms with Crippen molar-refractivity contribution in [1.29, 1.82) is 0 Å². The van der Waals surface area contributed by atoms with Crippen molar-refractivity contribution in [1.82, 2.24) is 25.5 Å². The van der Waals surface area contributed by atoms with Crippen LogP contribution in [0.4, 0.5) is 10.2 Å². The summed E-state index contributed by atoms with van der Waals surface area (Å²) in [5.41, 5.74) is 0.491. The van der Waals surface area contributed by atoms with Crippen LogP contribution in [0.25, 0.3) is 22.2 Å². The van der Waals surface area contributed by atoms with Crippen molar-refractivity contribution < 1.29 is 9.50 Å². The molecule has 0 saturated carbocycles. The molecule has 0 radical (unpaired) electrons. The molecule has 1 aromatic carbocycles. The minimum atomic E-state index is -0.942. The Morgan fingerprint density at radius 2 is 2.07 bits per heavy atom. The minimum Gasteiger partial charge on any atom is -0.507 e. The number of hydrogen-bond donors (Lipinski definition) is 2. The van der Waals surface area contributed by atoms with E-state index in [-0.39, 0.29) is 17.8 Å². The van der Waals surface area contributed by atoms with Crippen molar-refractivity contribution in [3.8, 4) is 17.1 Å². The average Bonchev–Trinajstić information content (AvgIpc) is 3.13. The smallest absolute Gasteiger partial charge is 0.185 e. The van der Waals surface area contributed by atoms with Gasteiger partial charge in [0.15, 0.2) is 11.6 Å². The van der Waals surface area contributed by atoms with Gasteiger partial charge in [0.1, 0.15) is 11.9 Å². The number of nitrogens with one attached hydrogen (secondary N) is 1. The molecule has 0 spiro atoms. The van der Waals surface area contributed by atoms with Crippen molar-refractivity contribution in [2.45, 2.75) is 43.6 Å². The van der Waals surface area contributed by atoms with Gasteiger partial charge in [-0.15, -0.1) is 10.2 Å². The fourth-order valence-corrected chi connectivity index (χ4v) is 4.38. The van der Waals surface area contributed by atoms with Gasteiger partial charge in [0, 0.05) is 36.9 Å². The molecule has 2 aromatic heterocycles.